The normalized spacial score (nSPS) is 12.2. The number of hydrogen-bond acceptors (Lipinski definition) is 3. The zero-order chi connectivity index (χ0) is 30.8. The maximum Gasteiger partial charge on any atom is 0.306 e. The van der Waals surface area contributed by atoms with Gasteiger partial charge in [-0.3, -0.25) is 9.59 Å². The highest BCUT2D eigenvalue weighted by molar-refractivity contribution is 5.69. The predicted octanol–water partition coefficient (Wildman–Crippen LogP) is 12.7. The summed E-state index contributed by atoms with van der Waals surface area (Å²) in [6.07, 6.45) is 41.7. The van der Waals surface area contributed by atoms with Crippen LogP contribution in [0.25, 0.3) is 0 Å². The molecule has 0 bridgehead atoms. The summed E-state index contributed by atoms with van der Waals surface area (Å²) in [6, 6.07) is 0. The Morgan fingerprint density at radius 2 is 0.905 bits per heavy atom. The lowest BCUT2D eigenvalue weighted by atomic mass is 10.0. The molecule has 42 heavy (non-hydrogen) atoms. The molecule has 0 aliphatic rings. The standard InChI is InChI=1S/C38H72O4/c1-3-5-6-7-8-9-10-11-12-13-14-15-16-17-18-23-26-29-32-35-38(41)42-36(4-2)33-30-27-24-21-19-20-22-25-28-31-34-37(39)40/h11-12,36H,3-10,13-35H2,1-2H3,(H,39,40)/b12-11-. The summed E-state index contributed by atoms with van der Waals surface area (Å²) in [5.41, 5.74) is 0. The summed E-state index contributed by atoms with van der Waals surface area (Å²) in [6.45, 7) is 4.41. The average molecular weight is 593 g/mol. The van der Waals surface area contributed by atoms with E-state index in [1.165, 1.54) is 135 Å². The van der Waals surface area contributed by atoms with Crippen LogP contribution < -0.4 is 0 Å². The minimum absolute atomic E-state index is 0.00577. The molecule has 0 aliphatic heterocycles. The molecule has 0 saturated heterocycles. The lowest BCUT2D eigenvalue weighted by molar-refractivity contribution is -0.149. The molecule has 1 unspecified atom stereocenters. The summed E-state index contributed by atoms with van der Waals surface area (Å²) in [7, 11) is 0. The molecule has 1 N–H and O–H groups in total. The lowest BCUT2D eigenvalue weighted by Crippen LogP contribution is -2.17. The summed E-state index contributed by atoms with van der Waals surface area (Å²) >= 11 is 0. The van der Waals surface area contributed by atoms with Crippen LogP contribution in [0, 0.1) is 0 Å². The summed E-state index contributed by atoms with van der Waals surface area (Å²) < 4.78 is 5.76. The van der Waals surface area contributed by atoms with Gasteiger partial charge in [-0.15, -0.1) is 0 Å². The Hall–Kier alpha value is -1.32. The number of allylic oxidation sites excluding steroid dienone is 2. The third kappa shape index (κ3) is 33.2. The van der Waals surface area contributed by atoms with Gasteiger partial charge in [0.05, 0.1) is 0 Å². The fourth-order valence-corrected chi connectivity index (χ4v) is 5.70. The number of carboxylic acids is 1. The zero-order valence-corrected chi connectivity index (χ0v) is 28.3. The molecule has 0 aromatic heterocycles. The smallest absolute Gasteiger partial charge is 0.306 e. The summed E-state index contributed by atoms with van der Waals surface area (Å²) in [5.74, 6) is -0.670. The fraction of sp³-hybridized carbons (Fsp3) is 0.895. The van der Waals surface area contributed by atoms with Crippen LogP contribution in [-0.2, 0) is 14.3 Å². The van der Waals surface area contributed by atoms with Crippen LogP contribution in [0.15, 0.2) is 12.2 Å². The molecule has 0 aromatic rings. The first kappa shape index (κ1) is 40.7. The van der Waals surface area contributed by atoms with Gasteiger partial charge in [0.2, 0.25) is 0 Å². The van der Waals surface area contributed by atoms with Crippen molar-refractivity contribution >= 4 is 11.9 Å². The van der Waals surface area contributed by atoms with Gasteiger partial charge in [0.25, 0.3) is 0 Å². The number of carbonyl (C=O) groups is 2. The van der Waals surface area contributed by atoms with E-state index < -0.39 is 5.97 Å². The molecule has 0 rings (SSSR count). The van der Waals surface area contributed by atoms with Gasteiger partial charge in [-0.25, -0.2) is 0 Å². The van der Waals surface area contributed by atoms with Crippen molar-refractivity contribution < 1.29 is 19.4 Å². The fourth-order valence-electron chi connectivity index (χ4n) is 5.70. The van der Waals surface area contributed by atoms with Crippen molar-refractivity contribution in [2.75, 3.05) is 0 Å². The predicted molar refractivity (Wildman–Crippen MR) is 181 cm³/mol. The highest BCUT2D eigenvalue weighted by atomic mass is 16.5. The van der Waals surface area contributed by atoms with Crippen molar-refractivity contribution in [2.24, 2.45) is 0 Å². The molecule has 1 atom stereocenters. The second-order valence-corrected chi connectivity index (χ2v) is 12.7. The summed E-state index contributed by atoms with van der Waals surface area (Å²) in [4.78, 5) is 22.8. The number of rotatable bonds is 34. The third-order valence-electron chi connectivity index (χ3n) is 8.56. The number of ether oxygens (including phenoxy) is 1. The zero-order valence-electron chi connectivity index (χ0n) is 28.3. The quantitative estimate of drug-likeness (QED) is 0.0458. The molecule has 248 valence electrons. The highest BCUT2D eigenvalue weighted by Gasteiger charge is 2.12. The van der Waals surface area contributed by atoms with Crippen molar-refractivity contribution in [2.45, 2.75) is 219 Å². The van der Waals surface area contributed by atoms with E-state index in [1.807, 2.05) is 0 Å². The SMILES string of the molecule is CCCCCCCC/C=C\CCCCCCCCCCCC(=O)OC(CC)CCCCCCCCCCCCC(=O)O. The van der Waals surface area contributed by atoms with Gasteiger partial charge in [0.1, 0.15) is 6.10 Å². The minimum atomic E-state index is -0.676. The number of esters is 1. The van der Waals surface area contributed by atoms with E-state index in [2.05, 4.69) is 26.0 Å². The molecular formula is C38H72O4. The molecule has 4 nitrogen and oxygen atoms in total. The first-order valence-corrected chi connectivity index (χ1v) is 18.7. The second-order valence-electron chi connectivity index (χ2n) is 12.7. The van der Waals surface area contributed by atoms with Crippen LogP contribution in [0.1, 0.15) is 213 Å². The van der Waals surface area contributed by atoms with Gasteiger partial charge >= 0.3 is 11.9 Å². The monoisotopic (exact) mass is 593 g/mol. The van der Waals surface area contributed by atoms with Gasteiger partial charge in [-0.05, 0) is 57.8 Å². The maximum absolute atomic E-state index is 12.3. The van der Waals surface area contributed by atoms with Gasteiger partial charge < -0.3 is 9.84 Å². The number of aliphatic carboxylic acids is 1. The Morgan fingerprint density at radius 1 is 0.524 bits per heavy atom. The molecule has 0 aromatic carbocycles. The van der Waals surface area contributed by atoms with Crippen LogP contribution in [0.4, 0.5) is 0 Å². The van der Waals surface area contributed by atoms with Crippen LogP contribution >= 0.6 is 0 Å². The largest absolute Gasteiger partial charge is 0.481 e. The van der Waals surface area contributed by atoms with E-state index in [1.54, 1.807) is 0 Å². The molecule has 0 aliphatic carbocycles. The van der Waals surface area contributed by atoms with Crippen LogP contribution in [0.5, 0.6) is 0 Å². The van der Waals surface area contributed by atoms with E-state index in [0.717, 1.165) is 51.4 Å². The molecule has 0 amide bonds. The molecule has 0 saturated carbocycles. The molecule has 4 heteroatoms. The van der Waals surface area contributed by atoms with Crippen molar-refractivity contribution in [3.05, 3.63) is 12.2 Å². The number of carboxylic acid groups (broad SMARTS) is 1. The second kappa shape index (κ2) is 34.2. The van der Waals surface area contributed by atoms with Gasteiger partial charge in [0, 0.05) is 12.8 Å². The van der Waals surface area contributed by atoms with E-state index in [4.69, 9.17) is 9.84 Å². The lowest BCUT2D eigenvalue weighted by Gasteiger charge is -2.16. The highest BCUT2D eigenvalue weighted by Crippen LogP contribution is 2.16. The third-order valence-corrected chi connectivity index (χ3v) is 8.56. The van der Waals surface area contributed by atoms with Gasteiger partial charge in [0.15, 0.2) is 0 Å². The molecule has 0 fully saturated rings. The van der Waals surface area contributed by atoms with Gasteiger partial charge in [-0.2, -0.15) is 0 Å². The summed E-state index contributed by atoms with van der Waals surface area (Å²) in [5, 5.41) is 8.65. The molecule has 0 spiro atoms. The first-order chi connectivity index (χ1) is 20.6. The number of carbonyl (C=O) groups excluding carboxylic acids is 1. The molecule has 0 heterocycles. The maximum atomic E-state index is 12.3. The van der Waals surface area contributed by atoms with Crippen molar-refractivity contribution in [3.8, 4) is 0 Å². The Balaban J connectivity index is 3.41. The topological polar surface area (TPSA) is 63.6 Å². The average Bonchev–Trinajstić information content (AvgIpc) is 2.98. The number of hydrogen-bond donors (Lipinski definition) is 1. The molecule has 0 radical (unpaired) electrons. The van der Waals surface area contributed by atoms with Gasteiger partial charge in [-0.1, -0.05) is 154 Å². The van der Waals surface area contributed by atoms with Crippen LogP contribution in [0.2, 0.25) is 0 Å². The first-order valence-electron chi connectivity index (χ1n) is 18.7. The minimum Gasteiger partial charge on any atom is -0.481 e. The van der Waals surface area contributed by atoms with E-state index in [-0.39, 0.29) is 12.1 Å². The van der Waals surface area contributed by atoms with E-state index in [9.17, 15) is 9.59 Å². The Labute approximate surface area is 262 Å². The Kier molecular flexibility index (Phi) is 33.1. The Morgan fingerprint density at radius 3 is 1.33 bits per heavy atom. The molecular weight excluding hydrogens is 520 g/mol. The van der Waals surface area contributed by atoms with Crippen molar-refractivity contribution in [1.29, 1.82) is 0 Å². The van der Waals surface area contributed by atoms with Crippen molar-refractivity contribution in [3.63, 3.8) is 0 Å². The van der Waals surface area contributed by atoms with Crippen molar-refractivity contribution in [1.82, 2.24) is 0 Å². The Bertz CT molecular complexity index is 600. The van der Waals surface area contributed by atoms with Crippen LogP contribution in [-0.4, -0.2) is 23.1 Å². The van der Waals surface area contributed by atoms with E-state index in [0.29, 0.717) is 12.8 Å². The van der Waals surface area contributed by atoms with E-state index >= 15 is 0 Å². The number of unbranched alkanes of at least 4 members (excludes halogenated alkanes) is 24. The van der Waals surface area contributed by atoms with Crippen LogP contribution in [0.3, 0.4) is 0 Å².